The molecule has 0 spiro atoms. The lowest BCUT2D eigenvalue weighted by molar-refractivity contribution is 0.313. The summed E-state index contributed by atoms with van der Waals surface area (Å²) in [4.78, 5) is 2.21. The summed E-state index contributed by atoms with van der Waals surface area (Å²) >= 11 is 1.30. The highest BCUT2D eigenvalue weighted by Gasteiger charge is 2.22. The van der Waals surface area contributed by atoms with E-state index in [1.54, 1.807) is 6.07 Å². The minimum Gasteiger partial charge on any atom is -0.302 e. The number of nitrogens with one attached hydrogen (secondary N) is 1. The van der Waals surface area contributed by atoms with E-state index < -0.39 is 10.0 Å². The van der Waals surface area contributed by atoms with Crippen LogP contribution in [0.4, 0.5) is 5.69 Å². The van der Waals surface area contributed by atoms with Gasteiger partial charge in [0.05, 0.1) is 5.69 Å². The van der Waals surface area contributed by atoms with Crippen molar-refractivity contribution in [3.8, 4) is 0 Å². The predicted molar refractivity (Wildman–Crippen MR) is 99.1 cm³/mol. The number of sulfonamides is 1. The maximum absolute atomic E-state index is 12.8. The number of anilines is 1. The second-order valence-corrected chi connectivity index (χ2v) is 9.13. The normalized spacial score (nSPS) is 15.4. The first-order valence-electron chi connectivity index (χ1n) is 7.84. The summed E-state index contributed by atoms with van der Waals surface area (Å²) in [7, 11) is -1.52. The number of fused-ring (bicyclic) bond motifs is 2. The average molecular weight is 358 g/mol. The maximum atomic E-state index is 12.8. The number of rotatable bonds is 3. The number of hydrogen-bond acceptors (Lipinski definition) is 4. The fourth-order valence-electron chi connectivity index (χ4n) is 3.10. The molecule has 24 heavy (non-hydrogen) atoms. The van der Waals surface area contributed by atoms with Crippen LogP contribution in [0.5, 0.6) is 0 Å². The maximum Gasteiger partial charge on any atom is 0.271 e. The molecule has 2 aromatic carbocycles. The SMILES string of the molecule is CN1CCc2cccc(NS(=O)(=O)c3cc4ccccc4s3)c2C1. The van der Waals surface area contributed by atoms with E-state index in [1.165, 1.54) is 16.9 Å². The van der Waals surface area contributed by atoms with Crippen LogP contribution < -0.4 is 4.72 Å². The van der Waals surface area contributed by atoms with Crippen molar-refractivity contribution in [1.29, 1.82) is 0 Å². The number of thiophene rings is 1. The zero-order valence-electron chi connectivity index (χ0n) is 13.3. The van der Waals surface area contributed by atoms with Crippen LogP contribution in [0.2, 0.25) is 0 Å². The smallest absolute Gasteiger partial charge is 0.271 e. The summed E-state index contributed by atoms with van der Waals surface area (Å²) < 4.78 is 29.8. The van der Waals surface area contributed by atoms with Gasteiger partial charge < -0.3 is 4.90 Å². The van der Waals surface area contributed by atoms with Crippen LogP contribution in [0.1, 0.15) is 11.1 Å². The Bertz CT molecular complexity index is 976. The molecule has 0 amide bonds. The minimum absolute atomic E-state index is 0.352. The molecule has 0 unspecified atom stereocenters. The van der Waals surface area contributed by atoms with Gasteiger partial charge in [-0.05, 0) is 48.2 Å². The van der Waals surface area contributed by atoms with Crippen molar-refractivity contribution in [1.82, 2.24) is 4.90 Å². The zero-order chi connectivity index (χ0) is 16.7. The van der Waals surface area contributed by atoms with Gasteiger partial charge in [0.15, 0.2) is 0 Å². The fraction of sp³-hybridized carbons (Fsp3) is 0.222. The molecule has 0 radical (unpaired) electrons. The molecule has 1 N–H and O–H groups in total. The molecule has 0 aliphatic carbocycles. The van der Waals surface area contributed by atoms with Crippen LogP contribution in [0.3, 0.4) is 0 Å². The first-order valence-corrected chi connectivity index (χ1v) is 10.1. The Kier molecular flexibility index (Phi) is 3.83. The highest BCUT2D eigenvalue weighted by molar-refractivity contribution is 7.94. The van der Waals surface area contributed by atoms with Gasteiger partial charge in [-0.15, -0.1) is 11.3 Å². The Hall–Kier alpha value is -1.89. The average Bonchev–Trinajstić information content (AvgIpc) is 3.00. The molecule has 2 heterocycles. The van der Waals surface area contributed by atoms with E-state index in [9.17, 15) is 8.42 Å². The van der Waals surface area contributed by atoms with Gasteiger partial charge in [0.25, 0.3) is 10.0 Å². The Balaban J connectivity index is 1.72. The summed E-state index contributed by atoms with van der Waals surface area (Å²) in [5, 5.41) is 0.956. The van der Waals surface area contributed by atoms with Gasteiger partial charge in [0.1, 0.15) is 4.21 Å². The van der Waals surface area contributed by atoms with Gasteiger partial charge in [-0.2, -0.15) is 0 Å². The summed E-state index contributed by atoms with van der Waals surface area (Å²) in [5.41, 5.74) is 3.00. The molecule has 0 saturated carbocycles. The first-order chi connectivity index (χ1) is 11.5. The number of benzene rings is 2. The van der Waals surface area contributed by atoms with E-state index in [-0.39, 0.29) is 0 Å². The Labute approximate surface area is 145 Å². The molecule has 0 atom stereocenters. The molecule has 1 aliphatic rings. The van der Waals surface area contributed by atoms with Crippen molar-refractivity contribution in [2.45, 2.75) is 17.2 Å². The van der Waals surface area contributed by atoms with Gasteiger partial charge in [-0.3, -0.25) is 4.72 Å². The van der Waals surface area contributed by atoms with Gasteiger partial charge in [0, 0.05) is 17.8 Å². The van der Waals surface area contributed by atoms with Gasteiger partial charge in [-0.1, -0.05) is 30.3 Å². The number of likely N-dealkylation sites (N-methyl/N-ethyl adjacent to an activating group) is 1. The van der Waals surface area contributed by atoms with Gasteiger partial charge >= 0.3 is 0 Å². The first kappa shape index (κ1) is 15.6. The van der Waals surface area contributed by atoms with Crippen molar-refractivity contribution in [3.05, 3.63) is 59.7 Å². The van der Waals surface area contributed by atoms with Crippen LogP contribution in [-0.2, 0) is 23.0 Å². The summed E-state index contributed by atoms with van der Waals surface area (Å²) in [6.07, 6.45) is 0.949. The highest BCUT2D eigenvalue weighted by Crippen LogP contribution is 2.32. The largest absolute Gasteiger partial charge is 0.302 e. The number of hydrogen-bond donors (Lipinski definition) is 1. The van der Waals surface area contributed by atoms with Crippen LogP contribution in [0.15, 0.2) is 52.7 Å². The molecule has 4 rings (SSSR count). The molecule has 1 aliphatic heterocycles. The summed E-state index contributed by atoms with van der Waals surface area (Å²) in [5.74, 6) is 0. The third-order valence-electron chi connectivity index (χ3n) is 4.38. The predicted octanol–water partition coefficient (Wildman–Crippen LogP) is 3.69. The van der Waals surface area contributed by atoms with E-state index in [4.69, 9.17) is 0 Å². The van der Waals surface area contributed by atoms with Crippen LogP contribution in [-0.4, -0.2) is 26.9 Å². The van der Waals surface area contributed by atoms with Gasteiger partial charge in [0.2, 0.25) is 0 Å². The second kappa shape index (κ2) is 5.88. The lowest BCUT2D eigenvalue weighted by Crippen LogP contribution is -2.27. The van der Waals surface area contributed by atoms with Crippen LogP contribution in [0.25, 0.3) is 10.1 Å². The third-order valence-corrected chi connectivity index (χ3v) is 7.33. The fourth-order valence-corrected chi connectivity index (χ4v) is 5.59. The molecular formula is C18H18N2O2S2. The third kappa shape index (κ3) is 2.81. The molecule has 1 aromatic heterocycles. The minimum atomic E-state index is -3.58. The molecular weight excluding hydrogens is 340 g/mol. The Morgan fingerprint density at radius 3 is 2.79 bits per heavy atom. The molecule has 0 saturated heterocycles. The monoisotopic (exact) mass is 358 g/mol. The second-order valence-electron chi connectivity index (χ2n) is 6.14. The van der Waals surface area contributed by atoms with E-state index in [0.29, 0.717) is 9.90 Å². The molecule has 124 valence electrons. The number of nitrogens with zero attached hydrogens (tertiary/aromatic N) is 1. The highest BCUT2D eigenvalue weighted by atomic mass is 32.2. The van der Waals surface area contributed by atoms with Crippen molar-refractivity contribution < 1.29 is 8.42 Å². The standard InChI is InChI=1S/C18H18N2O2S2/c1-20-10-9-13-6-4-7-16(15(13)12-20)19-24(21,22)18-11-14-5-2-3-8-17(14)23-18/h2-8,11,19H,9-10,12H2,1H3. The van der Waals surface area contributed by atoms with E-state index >= 15 is 0 Å². The van der Waals surface area contributed by atoms with Gasteiger partial charge in [-0.25, -0.2) is 8.42 Å². The van der Waals surface area contributed by atoms with E-state index in [1.807, 2.05) is 36.4 Å². The van der Waals surface area contributed by atoms with Crippen LogP contribution in [0, 0.1) is 0 Å². The lowest BCUT2D eigenvalue weighted by Gasteiger charge is -2.27. The zero-order valence-corrected chi connectivity index (χ0v) is 15.0. The quantitative estimate of drug-likeness (QED) is 0.777. The van der Waals surface area contributed by atoms with E-state index in [0.717, 1.165) is 35.2 Å². The topological polar surface area (TPSA) is 49.4 Å². The van der Waals surface area contributed by atoms with Crippen molar-refractivity contribution in [2.24, 2.45) is 0 Å². The van der Waals surface area contributed by atoms with Crippen molar-refractivity contribution >= 4 is 37.1 Å². The lowest BCUT2D eigenvalue weighted by atomic mass is 9.99. The molecule has 4 nitrogen and oxygen atoms in total. The summed E-state index contributed by atoms with van der Waals surface area (Å²) in [6, 6.07) is 15.3. The molecule has 6 heteroatoms. The summed E-state index contributed by atoms with van der Waals surface area (Å²) in [6.45, 7) is 1.76. The molecule has 0 fully saturated rings. The van der Waals surface area contributed by atoms with Crippen molar-refractivity contribution in [2.75, 3.05) is 18.3 Å². The Morgan fingerprint density at radius 1 is 1.12 bits per heavy atom. The Morgan fingerprint density at radius 2 is 1.96 bits per heavy atom. The van der Waals surface area contributed by atoms with Crippen molar-refractivity contribution in [3.63, 3.8) is 0 Å². The molecule has 0 bridgehead atoms. The van der Waals surface area contributed by atoms with Crippen LogP contribution >= 0.6 is 11.3 Å². The van der Waals surface area contributed by atoms with E-state index in [2.05, 4.69) is 22.7 Å². The molecule has 3 aromatic rings.